The van der Waals surface area contributed by atoms with Crippen molar-refractivity contribution in [2.24, 2.45) is 4.99 Å². The number of carbonyl (C=O) groups is 1. The maximum atomic E-state index is 13.1. The summed E-state index contributed by atoms with van der Waals surface area (Å²) in [5.74, 6) is -1.09. The van der Waals surface area contributed by atoms with Crippen molar-refractivity contribution in [3.63, 3.8) is 0 Å². The fourth-order valence-electron chi connectivity index (χ4n) is 2.21. The average molecular weight is 366 g/mol. The highest BCUT2D eigenvalue weighted by atomic mass is 19.1. The summed E-state index contributed by atoms with van der Waals surface area (Å²) in [6.45, 7) is 0.230. The number of carbonyl (C=O) groups excluding carboxylic acids is 1. The second-order valence-corrected chi connectivity index (χ2v) is 5.58. The van der Waals surface area contributed by atoms with Crippen molar-refractivity contribution in [3.8, 4) is 0 Å². The van der Waals surface area contributed by atoms with Crippen molar-refractivity contribution in [1.29, 1.82) is 0 Å². The molecule has 5 nitrogen and oxygen atoms in total. The van der Waals surface area contributed by atoms with Gasteiger partial charge in [-0.2, -0.15) is 0 Å². The summed E-state index contributed by atoms with van der Waals surface area (Å²) >= 11 is 0. The summed E-state index contributed by atoms with van der Waals surface area (Å²) in [5, 5.41) is 5.58. The molecule has 0 saturated heterocycles. The van der Waals surface area contributed by atoms with Crippen LogP contribution < -0.4 is 10.6 Å². The standard InChI is InChI=1S/C20H16F2N4O/c21-15-6-4-14(5-7-15)19(27)26-20(24-13-18-3-1-2-12-23-18)25-17-10-8-16(22)9-11-17/h1-12H,13H2,(H2,24,25,26,27). The fraction of sp³-hybridized carbons (Fsp3) is 0.0500. The Morgan fingerprint density at radius 3 is 2.22 bits per heavy atom. The van der Waals surface area contributed by atoms with Crippen LogP contribution in [-0.4, -0.2) is 16.9 Å². The molecule has 2 aromatic carbocycles. The van der Waals surface area contributed by atoms with Crippen LogP contribution in [-0.2, 0) is 6.54 Å². The van der Waals surface area contributed by atoms with E-state index in [4.69, 9.17) is 0 Å². The van der Waals surface area contributed by atoms with Gasteiger partial charge in [-0.05, 0) is 60.7 Å². The molecule has 0 aliphatic carbocycles. The second-order valence-electron chi connectivity index (χ2n) is 5.58. The van der Waals surface area contributed by atoms with E-state index in [2.05, 4.69) is 20.6 Å². The van der Waals surface area contributed by atoms with Gasteiger partial charge in [-0.15, -0.1) is 0 Å². The van der Waals surface area contributed by atoms with Gasteiger partial charge in [0.1, 0.15) is 11.6 Å². The number of halogens is 2. The van der Waals surface area contributed by atoms with Gasteiger partial charge in [-0.25, -0.2) is 13.8 Å². The number of guanidine groups is 1. The summed E-state index contributed by atoms with van der Waals surface area (Å²) in [5.41, 5.74) is 1.55. The van der Waals surface area contributed by atoms with Gasteiger partial charge in [0.05, 0.1) is 12.2 Å². The highest BCUT2D eigenvalue weighted by Crippen LogP contribution is 2.09. The third-order valence-electron chi connectivity index (χ3n) is 3.57. The number of benzene rings is 2. The maximum absolute atomic E-state index is 13.1. The molecule has 136 valence electrons. The van der Waals surface area contributed by atoms with E-state index >= 15 is 0 Å². The summed E-state index contributed by atoms with van der Waals surface area (Å²) < 4.78 is 26.1. The van der Waals surface area contributed by atoms with Crippen LogP contribution in [0.25, 0.3) is 0 Å². The van der Waals surface area contributed by atoms with Gasteiger partial charge >= 0.3 is 0 Å². The molecule has 7 heteroatoms. The Labute approximate surface area is 154 Å². The van der Waals surface area contributed by atoms with Crippen molar-refractivity contribution < 1.29 is 13.6 Å². The first kappa shape index (κ1) is 18.2. The Kier molecular flexibility index (Phi) is 5.84. The molecular weight excluding hydrogens is 350 g/mol. The molecule has 0 aliphatic rings. The zero-order valence-corrected chi connectivity index (χ0v) is 14.2. The van der Waals surface area contributed by atoms with Crippen LogP contribution in [0.3, 0.4) is 0 Å². The molecule has 1 amide bonds. The zero-order chi connectivity index (χ0) is 19.1. The molecule has 0 radical (unpaired) electrons. The van der Waals surface area contributed by atoms with Crippen LogP contribution in [0.15, 0.2) is 77.9 Å². The predicted octanol–water partition coefficient (Wildman–Crippen LogP) is 3.76. The van der Waals surface area contributed by atoms with Gasteiger partial charge < -0.3 is 5.32 Å². The van der Waals surface area contributed by atoms with Crippen molar-refractivity contribution in [2.45, 2.75) is 6.54 Å². The lowest BCUT2D eigenvalue weighted by atomic mass is 10.2. The number of rotatable bonds is 4. The van der Waals surface area contributed by atoms with Gasteiger partial charge in [-0.1, -0.05) is 6.07 Å². The third-order valence-corrected chi connectivity index (χ3v) is 3.57. The molecule has 3 aromatic rings. The number of aromatic nitrogens is 1. The lowest BCUT2D eigenvalue weighted by Gasteiger charge is -2.12. The Hall–Kier alpha value is -3.61. The molecule has 0 aliphatic heterocycles. The van der Waals surface area contributed by atoms with Gasteiger partial charge in [0.2, 0.25) is 5.96 Å². The van der Waals surface area contributed by atoms with Gasteiger partial charge in [0.15, 0.2) is 0 Å². The highest BCUT2D eigenvalue weighted by molar-refractivity contribution is 6.09. The van der Waals surface area contributed by atoms with Gasteiger partial charge in [0.25, 0.3) is 5.91 Å². The average Bonchev–Trinajstić information content (AvgIpc) is 2.69. The zero-order valence-electron chi connectivity index (χ0n) is 14.2. The minimum absolute atomic E-state index is 0.168. The van der Waals surface area contributed by atoms with E-state index in [0.717, 1.165) is 0 Å². The number of nitrogens with one attached hydrogen (secondary N) is 2. The summed E-state index contributed by atoms with van der Waals surface area (Å²) in [6, 6.07) is 16.2. The van der Waals surface area contributed by atoms with E-state index < -0.39 is 11.7 Å². The van der Waals surface area contributed by atoms with E-state index in [1.54, 1.807) is 18.3 Å². The van der Waals surface area contributed by atoms with Crippen molar-refractivity contribution in [1.82, 2.24) is 10.3 Å². The monoisotopic (exact) mass is 366 g/mol. The molecule has 0 spiro atoms. The number of hydrogen-bond acceptors (Lipinski definition) is 3. The fourth-order valence-corrected chi connectivity index (χ4v) is 2.21. The Morgan fingerprint density at radius 2 is 1.59 bits per heavy atom. The minimum atomic E-state index is -0.454. The summed E-state index contributed by atoms with van der Waals surface area (Å²) in [7, 11) is 0. The first-order valence-electron chi connectivity index (χ1n) is 8.14. The Bertz CT molecular complexity index is 926. The van der Waals surface area contributed by atoms with Crippen molar-refractivity contribution >= 4 is 17.6 Å². The largest absolute Gasteiger partial charge is 0.326 e. The molecule has 0 atom stereocenters. The molecule has 0 saturated carbocycles. The second kappa shape index (κ2) is 8.66. The van der Waals surface area contributed by atoms with E-state index in [-0.39, 0.29) is 23.9 Å². The molecule has 1 heterocycles. The molecular formula is C20H16F2N4O. The van der Waals surface area contributed by atoms with E-state index in [9.17, 15) is 13.6 Å². The Balaban J connectivity index is 1.78. The lowest BCUT2D eigenvalue weighted by molar-refractivity contribution is 0.0977. The number of amides is 1. The van der Waals surface area contributed by atoms with Crippen molar-refractivity contribution in [2.75, 3.05) is 5.32 Å². The van der Waals surface area contributed by atoms with Crippen LogP contribution in [0, 0.1) is 11.6 Å². The van der Waals surface area contributed by atoms with Crippen LogP contribution in [0.2, 0.25) is 0 Å². The normalized spacial score (nSPS) is 11.1. The van der Waals surface area contributed by atoms with Crippen LogP contribution in [0.4, 0.5) is 14.5 Å². The van der Waals surface area contributed by atoms with Crippen LogP contribution in [0.1, 0.15) is 16.1 Å². The van der Waals surface area contributed by atoms with Crippen LogP contribution in [0.5, 0.6) is 0 Å². The predicted molar refractivity (Wildman–Crippen MR) is 99.3 cm³/mol. The third kappa shape index (κ3) is 5.43. The molecule has 2 N–H and O–H groups in total. The molecule has 27 heavy (non-hydrogen) atoms. The minimum Gasteiger partial charge on any atom is -0.326 e. The number of anilines is 1. The molecule has 1 aromatic heterocycles. The first-order valence-corrected chi connectivity index (χ1v) is 8.14. The summed E-state index contributed by atoms with van der Waals surface area (Å²) in [6.07, 6.45) is 1.65. The number of hydrogen-bond donors (Lipinski definition) is 2. The highest BCUT2D eigenvalue weighted by Gasteiger charge is 2.10. The quantitative estimate of drug-likeness (QED) is 0.546. The number of aliphatic imine (C=N–C) groups is 1. The van der Waals surface area contributed by atoms with Gasteiger partial charge in [-0.3, -0.25) is 15.1 Å². The van der Waals surface area contributed by atoms with E-state index in [1.165, 1.54) is 48.5 Å². The van der Waals surface area contributed by atoms with Crippen LogP contribution >= 0.6 is 0 Å². The van der Waals surface area contributed by atoms with Crippen molar-refractivity contribution in [3.05, 3.63) is 95.8 Å². The van der Waals surface area contributed by atoms with E-state index in [0.29, 0.717) is 11.4 Å². The van der Waals surface area contributed by atoms with Gasteiger partial charge in [0, 0.05) is 17.4 Å². The molecule has 0 fully saturated rings. The Morgan fingerprint density at radius 1 is 0.926 bits per heavy atom. The first-order chi connectivity index (χ1) is 13.1. The number of pyridine rings is 1. The van der Waals surface area contributed by atoms with E-state index in [1.807, 2.05) is 6.07 Å². The molecule has 0 unspecified atom stereocenters. The molecule has 0 bridgehead atoms. The maximum Gasteiger partial charge on any atom is 0.257 e. The topological polar surface area (TPSA) is 66.4 Å². The molecule has 3 rings (SSSR count). The lowest BCUT2D eigenvalue weighted by Crippen LogP contribution is -2.36. The number of nitrogens with zero attached hydrogens (tertiary/aromatic N) is 2. The SMILES string of the molecule is O=C(NC(=NCc1ccccn1)Nc1ccc(F)cc1)c1ccc(F)cc1. The smallest absolute Gasteiger partial charge is 0.257 e. The summed E-state index contributed by atoms with van der Waals surface area (Å²) in [4.78, 5) is 20.9.